The van der Waals surface area contributed by atoms with Crippen LogP contribution < -0.4 is 0 Å². The Balaban J connectivity index is 1.95. The zero-order valence-corrected chi connectivity index (χ0v) is 9.13. The third-order valence-electron chi connectivity index (χ3n) is 3.57. The molecule has 0 spiro atoms. The summed E-state index contributed by atoms with van der Waals surface area (Å²) in [7, 11) is 0. The molecule has 1 heterocycles. The van der Waals surface area contributed by atoms with Gasteiger partial charge in [0.1, 0.15) is 6.04 Å². The maximum Gasteiger partial charge on any atom is 0.326 e. The minimum atomic E-state index is -1.02. The maximum atomic E-state index is 11.9. The number of rotatable bonds is 3. The van der Waals surface area contributed by atoms with Crippen molar-refractivity contribution in [1.29, 1.82) is 0 Å². The summed E-state index contributed by atoms with van der Waals surface area (Å²) in [5, 5.41) is 18.4. The van der Waals surface area contributed by atoms with Crippen molar-refractivity contribution in [3.8, 4) is 0 Å². The Morgan fingerprint density at radius 3 is 2.50 bits per heavy atom. The minimum Gasteiger partial charge on any atom is -0.480 e. The second kappa shape index (κ2) is 4.41. The third kappa shape index (κ3) is 2.19. The predicted molar refractivity (Wildman–Crippen MR) is 55.7 cm³/mol. The van der Waals surface area contributed by atoms with Crippen LogP contribution in [0.4, 0.5) is 0 Å². The highest BCUT2D eigenvalue weighted by Gasteiger charge is 2.39. The van der Waals surface area contributed by atoms with Crippen LogP contribution in [0.15, 0.2) is 0 Å². The number of carbonyl (C=O) groups is 2. The summed E-state index contributed by atoms with van der Waals surface area (Å²) >= 11 is 0. The van der Waals surface area contributed by atoms with Gasteiger partial charge in [-0.3, -0.25) is 4.79 Å². The molecule has 0 aromatic carbocycles. The highest BCUT2D eigenvalue weighted by Crippen LogP contribution is 2.31. The quantitative estimate of drug-likeness (QED) is 0.723. The number of aliphatic hydroxyl groups is 1. The third-order valence-corrected chi connectivity index (χ3v) is 3.57. The highest BCUT2D eigenvalue weighted by molar-refractivity contribution is 5.84. The molecule has 0 unspecified atom stereocenters. The van der Waals surface area contributed by atoms with Gasteiger partial charge in [-0.25, -0.2) is 4.79 Å². The van der Waals surface area contributed by atoms with E-state index in [4.69, 9.17) is 5.11 Å². The molecule has 1 saturated carbocycles. The van der Waals surface area contributed by atoms with Crippen LogP contribution in [0.25, 0.3) is 0 Å². The van der Waals surface area contributed by atoms with Gasteiger partial charge in [0.15, 0.2) is 0 Å². The van der Waals surface area contributed by atoms with Gasteiger partial charge in [-0.05, 0) is 18.8 Å². The van der Waals surface area contributed by atoms with Gasteiger partial charge in [0.05, 0.1) is 6.10 Å². The van der Waals surface area contributed by atoms with Gasteiger partial charge in [0, 0.05) is 19.4 Å². The SMILES string of the molecule is O=C(O)[C@H]1C[C@@H](O)CN1C(=O)CC1CCC1. The van der Waals surface area contributed by atoms with E-state index >= 15 is 0 Å². The largest absolute Gasteiger partial charge is 0.480 e. The van der Waals surface area contributed by atoms with E-state index in [9.17, 15) is 14.7 Å². The van der Waals surface area contributed by atoms with E-state index in [2.05, 4.69) is 0 Å². The van der Waals surface area contributed by atoms with Crippen molar-refractivity contribution in [3.63, 3.8) is 0 Å². The van der Waals surface area contributed by atoms with Crippen LogP contribution in [-0.4, -0.2) is 45.7 Å². The molecule has 16 heavy (non-hydrogen) atoms. The molecule has 2 aliphatic rings. The molecule has 0 radical (unpaired) electrons. The molecule has 5 heteroatoms. The number of hydrogen-bond donors (Lipinski definition) is 2. The summed E-state index contributed by atoms with van der Waals surface area (Å²) in [6.45, 7) is 0.169. The van der Waals surface area contributed by atoms with E-state index in [1.807, 2.05) is 0 Å². The Labute approximate surface area is 94.0 Å². The first-order valence-corrected chi connectivity index (χ1v) is 5.78. The number of aliphatic hydroxyl groups excluding tert-OH is 1. The van der Waals surface area contributed by atoms with E-state index < -0.39 is 18.1 Å². The highest BCUT2D eigenvalue weighted by atomic mass is 16.4. The van der Waals surface area contributed by atoms with Crippen LogP contribution in [0.2, 0.25) is 0 Å². The van der Waals surface area contributed by atoms with Crippen molar-refractivity contribution in [1.82, 2.24) is 4.90 Å². The standard InChI is InChI=1S/C11H17NO4/c13-8-5-9(11(15)16)12(6-8)10(14)4-7-2-1-3-7/h7-9,13H,1-6H2,(H,15,16)/t8-,9-/m1/s1. The molecule has 1 aliphatic carbocycles. The van der Waals surface area contributed by atoms with Gasteiger partial charge in [-0.2, -0.15) is 0 Å². The number of carbonyl (C=O) groups excluding carboxylic acids is 1. The lowest BCUT2D eigenvalue weighted by Crippen LogP contribution is -2.41. The maximum absolute atomic E-state index is 11.9. The predicted octanol–water partition coefficient (Wildman–Crippen LogP) is 0.223. The molecule has 1 amide bonds. The number of hydrogen-bond acceptors (Lipinski definition) is 3. The Morgan fingerprint density at radius 1 is 1.31 bits per heavy atom. The Morgan fingerprint density at radius 2 is 2.00 bits per heavy atom. The molecular formula is C11H17NO4. The van der Waals surface area contributed by atoms with Crippen molar-refractivity contribution in [2.45, 2.75) is 44.2 Å². The summed E-state index contributed by atoms with van der Waals surface area (Å²) in [5.41, 5.74) is 0. The molecule has 90 valence electrons. The van der Waals surface area contributed by atoms with Crippen LogP contribution in [-0.2, 0) is 9.59 Å². The molecule has 0 bridgehead atoms. The summed E-state index contributed by atoms with van der Waals surface area (Å²) in [6.07, 6.45) is 3.22. The van der Waals surface area contributed by atoms with E-state index in [1.165, 1.54) is 11.3 Å². The van der Waals surface area contributed by atoms with E-state index in [0.29, 0.717) is 12.3 Å². The molecule has 1 aliphatic heterocycles. The molecule has 0 aromatic heterocycles. The van der Waals surface area contributed by atoms with Gasteiger partial charge in [-0.15, -0.1) is 0 Å². The van der Waals surface area contributed by atoms with Crippen LogP contribution in [0, 0.1) is 5.92 Å². The first-order valence-electron chi connectivity index (χ1n) is 5.78. The fourth-order valence-electron chi connectivity index (χ4n) is 2.38. The van der Waals surface area contributed by atoms with E-state index in [0.717, 1.165) is 12.8 Å². The topological polar surface area (TPSA) is 77.8 Å². The zero-order valence-electron chi connectivity index (χ0n) is 9.13. The zero-order chi connectivity index (χ0) is 11.7. The van der Waals surface area contributed by atoms with Crippen LogP contribution in [0.1, 0.15) is 32.1 Å². The lowest BCUT2D eigenvalue weighted by atomic mass is 9.82. The summed E-state index contributed by atoms with van der Waals surface area (Å²) in [6, 6.07) is -0.831. The monoisotopic (exact) mass is 227 g/mol. The normalized spacial score (nSPS) is 30.2. The van der Waals surface area contributed by atoms with Crippen molar-refractivity contribution in [2.24, 2.45) is 5.92 Å². The smallest absolute Gasteiger partial charge is 0.326 e. The first kappa shape index (κ1) is 11.4. The lowest BCUT2D eigenvalue weighted by Gasteiger charge is -2.28. The number of carboxylic acid groups (broad SMARTS) is 1. The van der Waals surface area contributed by atoms with Crippen LogP contribution >= 0.6 is 0 Å². The lowest BCUT2D eigenvalue weighted by molar-refractivity contribution is -0.148. The number of carboxylic acids is 1. The van der Waals surface area contributed by atoms with Crippen LogP contribution in [0.5, 0.6) is 0 Å². The number of likely N-dealkylation sites (tertiary alicyclic amines) is 1. The van der Waals surface area contributed by atoms with Gasteiger partial charge >= 0.3 is 5.97 Å². The summed E-state index contributed by atoms with van der Waals surface area (Å²) in [5.74, 6) is -0.702. The van der Waals surface area contributed by atoms with Crippen molar-refractivity contribution >= 4 is 11.9 Å². The molecular weight excluding hydrogens is 210 g/mol. The van der Waals surface area contributed by atoms with E-state index in [-0.39, 0.29) is 18.9 Å². The molecule has 2 fully saturated rings. The molecule has 2 N–H and O–H groups in total. The molecule has 2 atom stereocenters. The fourth-order valence-corrected chi connectivity index (χ4v) is 2.38. The molecule has 2 rings (SSSR count). The van der Waals surface area contributed by atoms with Crippen molar-refractivity contribution in [2.75, 3.05) is 6.54 Å². The van der Waals surface area contributed by atoms with Gasteiger partial charge in [-0.1, -0.05) is 6.42 Å². The second-order valence-corrected chi connectivity index (χ2v) is 4.79. The summed E-state index contributed by atoms with van der Waals surface area (Å²) < 4.78 is 0. The van der Waals surface area contributed by atoms with Crippen LogP contribution in [0.3, 0.4) is 0 Å². The Hall–Kier alpha value is -1.10. The summed E-state index contributed by atoms with van der Waals surface area (Å²) in [4.78, 5) is 24.1. The molecule has 5 nitrogen and oxygen atoms in total. The van der Waals surface area contributed by atoms with Crippen molar-refractivity contribution < 1.29 is 19.8 Å². The molecule has 0 aromatic rings. The average Bonchev–Trinajstić information content (AvgIpc) is 2.53. The Bertz CT molecular complexity index is 300. The first-order chi connectivity index (χ1) is 7.58. The Kier molecular flexibility index (Phi) is 3.14. The number of β-amino-alcohol motifs (C(OH)–C–C–N with tert-alkyl or cyclic N) is 1. The van der Waals surface area contributed by atoms with E-state index in [1.54, 1.807) is 0 Å². The van der Waals surface area contributed by atoms with Gasteiger partial charge in [0.2, 0.25) is 5.91 Å². The minimum absolute atomic E-state index is 0.117. The molecule has 1 saturated heterocycles. The van der Waals surface area contributed by atoms with Crippen molar-refractivity contribution in [3.05, 3.63) is 0 Å². The average molecular weight is 227 g/mol. The number of nitrogens with zero attached hydrogens (tertiary/aromatic N) is 1. The second-order valence-electron chi connectivity index (χ2n) is 4.79. The fraction of sp³-hybridized carbons (Fsp3) is 0.818. The number of aliphatic carboxylic acids is 1. The van der Waals surface area contributed by atoms with Gasteiger partial charge in [0.25, 0.3) is 0 Å². The van der Waals surface area contributed by atoms with Gasteiger partial charge < -0.3 is 15.1 Å². The number of amides is 1.